The van der Waals surface area contributed by atoms with Gasteiger partial charge in [0, 0.05) is 18.2 Å². The van der Waals surface area contributed by atoms with Crippen LogP contribution in [0.5, 0.6) is 11.5 Å². The third-order valence-electron chi connectivity index (χ3n) is 2.90. The zero-order valence-electron chi connectivity index (χ0n) is 10.6. The third-order valence-corrected chi connectivity index (χ3v) is 2.90. The van der Waals surface area contributed by atoms with Gasteiger partial charge in [0.1, 0.15) is 11.5 Å². The first-order chi connectivity index (χ1) is 9.15. The van der Waals surface area contributed by atoms with Crippen molar-refractivity contribution in [1.29, 1.82) is 0 Å². The van der Waals surface area contributed by atoms with Crippen molar-refractivity contribution in [3.05, 3.63) is 59.2 Å². The highest BCUT2D eigenvalue weighted by atomic mass is 16.5. The van der Waals surface area contributed by atoms with Crippen molar-refractivity contribution in [3.8, 4) is 11.5 Å². The second-order valence-corrected chi connectivity index (χ2v) is 4.11. The number of aromatic hydroxyl groups is 1. The Kier molecular flexibility index (Phi) is 3.82. The van der Waals surface area contributed by atoms with Gasteiger partial charge in [0.05, 0.1) is 12.7 Å². The number of ketones is 1. The Bertz CT molecular complexity index is 591. The summed E-state index contributed by atoms with van der Waals surface area (Å²) in [5, 5.41) is 9.83. The number of phenols is 1. The van der Waals surface area contributed by atoms with Crippen LogP contribution in [0.4, 0.5) is 0 Å². The summed E-state index contributed by atoms with van der Waals surface area (Å²) in [7, 11) is 1.50. The molecule has 0 spiro atoms. The topological polar surface area (TPSA) is 72.5 Å². The number of hydrogen-bond acceptors (Lipinski definition) is 4. The predicted octanol–water partition coefficient (Wildman–Crippen LogP) is 2.09. The monoisotopic (exact) mass is 257 g/mol. The van der Waals surface area contributed by atoms with E-state index in [1.165, 1.54) is 13.2 Å². The van der Waals surface area contributed by atoms with E-state index in [1.807, 2.05) is 0 Å². The predicted molar refractivity (Wildman–Crippen MR) is 72.4 cm³/mol. The minimum atomic E-state index is -0.233. The van der Waals surface area contributed by atoms with E-state index in [4.69, 9.17) is 10.5 Å². The van der Waals surface area contributed by atoms with Gasteiger partial charge < -0.3 is 15.6 Å². The fourth-order valence-electron chi connectivity index (χ4n) is 1.78. The molecule has 0 unspecified atom stereocenters. The lowest BCUT2D eigenvalue weighted by Gasteiger charge is -2.06. The van der Waals surface area contributed by atoms with Gasteiger partial charge in [0.25, 0.3) is 0 Å². The van der Waals surface area contributed by atoms with Crippen LogP contribution in [0.1, 0.15) is 21.5 Å². The van der Waals surface area contributed by atoms with Crippen LogP contribution in [0.3, 0.4) is 0 Å². The van der Waals surface area contributed by atoms with Crippen LogP contribution in [0, 0.1) is 0 Å². The Hall–Kier alpha value is -2.33. The summed E-state index contributed by atoms with van der Waals surface area (Å²) >= 11 is 0. The number of methoxy groups -OCH3 is 1. The van der Waals surface area contributed by atoms with Gasteiger partial charge in [0.15, 0.2) is 5.78 Å². The van der Waals surface area contributed by atoms with Crippen LogP contribution >= 0.6 is 0 Å². The average Bonchev–Trinajstić information content (AvgIpc) is 2.46. The second-order valence-electron chi connectivity index (χ2n) is 4.11. The van der Waals surface area contributed by atoms with Crippen molar-refractivity contribution in [2.24, 2.45) is 5.73 Å². The van der Waals surface area contributed by atoms with Crippen molar-refractivity contribution in [2.45, 2.75) is 6.54 Å². The number of carbonyl (C=O) groups is 1. The normalized spacial score (nSPS) is 10.2. The molecule has 0 fully saturated rings. The second kappa shape index (κ2) is 5.54. The van der Waals surface area contributed by atoms with Crippen molar-refractivity contribution < 1.29 is 14.6 Å². The Labute approximate surface area is 111 Å². The minimum Gasteiger partial charge on any atom is -0.507 e. The van der Waals surface area contributed by atoms with Gasteiger partial charge in [-0.15, -0.1) is 0 Å². The summed E-state index contributed by atoms with van der Waals surface area (Å²) in [5.74, 6) is 0.184. The Morgan fingerprint density at radius 3 is 2.42 bits per heavy atom. The maximum Gasteiger partial charge on any atom is 0.196 e. The van der Waals surface area contributed by atoms with Gasteiger partial charge in [-0.1, -0.05) is 24.3 Å². The summed E-state index contributed by atoms with van der Waals surface area (Å²) in [4.78, 5) is 12.2. The van der Waals surface area contributed by atoms with Gasteiger partial charge >= 0.3 is 0 Å². The van der Waals surface area contributed by atoms with E-state index in [1.54, 1.807) is 36.4 Å². The molecule has 3 N–H and O–H groups in total. The van der Waals surface area contributed by atoms with E-state index in [0.29, 0.717) is 17.9 Å². The maximum absolute atomic E-state index is 12.2. The summed E-state index contributed by atoms with van der Waals surface area (Å²) in [6.45, 7) is 0.433. The molecule has 0 saturated heterocycles. The van der Waals surface area contributed by atoms with Crippen LogP contribution in [0.25, 0.3) is 0 Å². The summed E-state index contributed by atoms with van der Waals surface area (Å²) in [5.41, 5.74) is 7.22. The molecule has 0 aliphatic rings. The molecule has 0 saturated carbocycles. The maximum atomic E-state index is 12.2. The molecule has 98 valence electrons. The first-order valence-corrected chi connectivity index (χ1v) is 5.86. The SMILES string of the molecule is COc1ccc(C(=O)c2ccc(CN)cc2)c(O)c1. The molecule has 4 nitrogen and oxygen atoms in total. The minimum absolute atomic E-state index is 0.0905. The lowest BCUT2D eigenvalue weighted by molar-refractivity contribution is 0.103. The van der Waals surface area contributed by atoms with E-state index in [0.717, 1.165) is 5.56 Å². The van der Waals surface area contributed by atoms with E-state index in [9.17, 15) is 9.90 Å². The molecule has 0 aromatic heterocycles. The smallest absolute Gasteiger partial charge is 0.196 e. The van der Waals surface area contributed by atoms with Crippen LogP contribution in [-0.4, -0.2) is 18.0 Å². The molecule has 0 atom stereocenters. The number of carbonyl (C=O) groups excluding carboxylic acids is 1. The summed E-state index contributed by atoms with van der Waals surface area (Å²) in [6.07, 6.45) is 0. The Morgan fingerprint density at radius 1 is 1.21 bits per heavy atom. The van der Waals surface area contributed by atoms with E-state index in [2.05, 4.69) is 0 Å². The molecule has 0 amide bonds. The highest BCUT2D eigenvalue weighted by Gasteiger charge is 2.14. The highest BCUT2D eigenvalue weighted by molar-refractivity contribution is 6.10. The van der Waals surface area contributed by atoms with Gasteiger partial charge in [0.2, 0.25) is 0 Å². The van der Waals surface area contributed by atoms with Crippen molar-refractivity contribution in [3.63, 3.8) is 0 Å². The Balaban J connectivity index is 2.32. The number of rotatable bonds is 4. The molecule has 0 heterocycles. The molecule has 19 heavy (non-hydrogen) atoms. The van der Waals surface area contributed by atoms with Gasteiger partial charge in [-0.05, 0) is 17.7 Å². The van der Waals surface area contributed by atoms with Gasteiger partial charge in [-0.2, -0.15) is 0 Å². The molecule has 4 heteroatoms. The zero-order chi connectivity index (χ0) is 13.8. The number of benzene rings is 2. The molecule has 0 aliphatic heterocycles. The lowest BCUT2D eigenvalue weighted by atomic mass is 10.0. The molecular formula is C15H15NO3. The molecule has 2 aromatic rings. The third kappa shape index (κ3) is 2.74. The fourth-order valence-corrected chi connectivity index (χ4v) is 1.78. The Morgan fingerprint density at radius 2 is 1.89 bits per heavy atom. The van der Waals surface area contributed by atoms with E-state index >= 15 is 0 Å². The molecule has 2 rings (SSSR count). The van der Waals surface area contributed by atoms with Crippen LogP contribution in [0.2, 0.25) is 0 Å². The zero-order valence-corrected chi connectivity index (χ0v) is 10.6. The van der Waals surface area contributed by atoms with Crippen LogP contribution in [0.15, 0.2) is 42.5 Å². The molecular weight excluding hydrogens is 242 g/mol. The quantitative estimate of drug-likeness (QED) is 0.823. The molecule has 2 aromatic carbocycles. The summed E-state index contributed by atoms with van der Waals surface area (Å²) < 4.78 is 4.98. The standard InChI is InChI=1S/C15H15NO3/c1-19-12-6-7-13(14(17)8-12)15(18)11-4-2-10(9-16)3-5-11/h2-8,17H,9,16H2,1H3. The fraction of sp³-hybridized carbons (Fsp3) is 0.133. The summed E-state index contributed by atoms with van der Waals surface area (Å²) in [6, 6.07) is 11.6. The van der Waals surface area contributed by atoms with Crippen molar-refractivity contribution in [1.82, 2.24) is 0 Å². The largest absolute Gasteiger partial charge is 0.507 e. The average molecular weight is 257 g/mol. The first-order valence-electron chi connectivity index (χ1n) is 5.86. The van der Waals surface area contributed by atoms with Crippen LogP contribution in [-0.2, 0) is 6.54 Å². The highest BCUT2D eigenvalue weighted by Crippen LogP contribution is 2.25. The van der Waals surface area contributed by atoms with Gasteiger partial charge in [-0.3, -0.25) is 4.79 Å². The molecule has 0 bridgehead atoms. The molecule has 0 radical (unpaired) electrons. The number of phenolic OH excluding ortho intramolecular Hbond substituents is 1. The number of ether oxygens (including phenoxy) is 1. The molecule has 0 aliphatic carbocycles. The van der Waals surface area contributed by atoms with Crippen molar-refractivity contribution >= 4 is 5.78 Å². The van der Waals surface area contributed by atoms with Crippen LogP contribution < -0.4 is 10.5 Å². The van der Waals surface area contributed by atoms with Crippen molar-refractivity contribution in [2.75, 3.05) is 7.11 Å². The van der Waals surface area contributed by atoms with Gasteiger partial charge in [-0.25, -0.2) is 0 Å². The first kappa shape index (κ1) is 13.1. The number of hydrogen-bond donors (Lipinski definition) is 2. The van der Waals surface area contributed by atoms with E-state index in [-0.39, 0.29) is 17.1 Å². The number of nitrogens with two attached hydrogens (primary N) is 1. The van der Waals surface area contributed by atoms with E-state index < -0.39 is 0 Å². The lowest BCUT2D eigenvalue weighted by Crippen LogP contribution is -2.03.